The van der Waals surface area contributed by atoms with E-state index in [0.29, 0.717) is 23.2 Å². The van der Waals surface area contributed by atoms with E-state index >= 15 is 0 Å². The minimum atomic E-state index is -0.0121. The average molecular weight is 296 g/mol. The molecular weight excluding hydrogens is 274 g/mol. The van der Waals surface area contributed by atoms with Gasteiger partial charge in [-0.05, 0) is 63.0 Å². The number of likely N-dealkylation sites (tertiary alicyclic amines) is 1. The molecule has 2 rings (SSSR count). The molecule has 110 valence electrons. The molecule has 0 aromatic heterocycles. The molecule has 0 radical (unpaired) electrons. The van der Waals surface area contributed by atoms with E-state index in [0.717, 1.165) is 38.0 Å². The monoisotopic (exact) mass is 295 g/mol. The molecule has 0 atom stereocenters. The van der Waals surface area contributed by atoms with E-state index in [9.17, 15) is 4.79 Å². The quantitative estimate of drug-likeness (QED) is 0.896. The maximum absolute atomic E-state index is 12.0. The van der Waals surface area contributed by atoms with Crippen LogP contribution in [0.1, 0.15) is 18.4 Å². The molecule has 0 unspecified atom stereocenters. The lowest BCUT2D eigenvalue weighted by molar-refractivity contribution is -0.117. The van der Waals surface area contributed by atoms with Crippen LogP contribution in [0.5, 0.6) is 0 Å². The first kappa shape index (κ1) is 15.3. The van der Waals surface area contributed by atoms with Crippen LogP contribution in [0.2, 0.25) is 5.02 Å². The number of nitrogens with two attached hydrogens (primary N) is 1. The summed E-state index contributed by atoms with van der Waals surface area (Å²) in [5.74, 6) is 0.600. The Balaban J connectivity index is 1.84. The number of amides is 1. The second-order valence-corrected chi connectivity index (χ2v) is 5.89. The van der Waals surface area contributed by atoms with Crippen molar-refractivity contribution in [2.75, 3.05) is 31.5 Å². The van der Waals surface area contributed by atoms with E-state index in [1.54, 1.807) is 0 Å². The number of hydrogen-bond acceptors (Lipinski definition) is 3. The predicted octanol–water partition coefficient (Wildman–Crippen LogP) is 2.26. The lowest BCUT2D eigenvalue weighted by Gasteiger charge is -2.30. The molecule has 0 aliphatic carbocycles. The summed E-state index contributed by atoms with van der Waals surface area (Å²) in [6.45, 7) is 5.02. The number of benzene rings is 1. The second kappa shape index (κ2) is 7.07. The summed E-state index contributed by atoms with van der Waals surface area (Å²) in [7, 11) is 0. The van der Waals surface area contributed by atoms with Crippen molar-refractivity contribution >= 4 is 23.2 Å². The van der Waals surface area contributed by atoms with Crippen LogP contribution in [0, 0.1) is 12.8 Å². The Labute approximate surface area is 125 Å². The first-order chi connectivity index (χ1) is 9.58. The number of hydrogen-bond donors (Lipinski definition) is 2. The van der Waals surface area contributed by atoms with Crippen molar-refractivity contribution < 1.29 is 4.79 Å². The minimum absolute atomic E-state index is 0.0121. The van der Waals surface area contributed by atoms with Crippen LogP contribution in [0.25, 0.3) is 0 Å². The summed E-state index contributed by atoms with van der Waals surface area (Å²) >= 11 is 6.11. The molecule has 20 heavy (non-hydrogen) atoms. The summed E-state index contributed by atoms with van der Waals surface area (Å²) in [4.78, 5) is 14.2. The summed E-state index contributed by atoms with van der Waals surface area (Å²) in [6.07, 6.45) is 2.16. The highest BCUT2D eigenvalue weighted by Crippen LogP contribution is 2.23. The zero-order chi connectivity index (χ0) is 14.5. The van der Waals surface area contributed by atoms with Gasteiger partial charge in [-0.15, -0.1) is 0 Å². The number of nitrogens with zero attached hydrogens (tertiary/aromatic N) is 1. The van der Waals surface area contributed by atoms with Gasteiger partial charge in [0.2, 0.25) is 5.91 Å². The Hall–Kier alpha value is -1.10. The second-order valence-electron chi connectivity index (χ2n) is 5.49. The van der Waals surface area contributed by atoms with Gasteiger partial charge in [0, 0.05) is 0 Å². The fourth-order valence-corrected chi connectivity index (χ4v) is 2.78. The smallest absolute Gasteiger partial charge is 0.238 e. The molecule has 4 nitrogen and oxygen atoms in total. The fraction of sp³-hybridized carbons (Fsp3) is 0.533. The van der Waals surface area contributed by atoms with Crippen LogP contribution < -0.4 is 11.1 Å². The maximum atomic E-state index is 12.0. The van der Waals surface area contributed by atoms with E-state index in [2.05, 4.69) is 10.2 Å². The van der Waals surface area contributed by atoms with Crippen LogP contribution >= 0.6 is 11.6 Å². The van der Waals surface area contributed by atoms with Gasteiger partial charge >= 0.3 is 0 Å². The number of carbonyl (C=O) groups excluding carboxylic acids is 1. The van der Waals surface area contributed by atoms with Gasteiger partial charge in [0.15, 0.2) is 0 Å². The Morgan fingerprint density at radius 3 is 2.75 bits per heavy atom. The molecule has 1 fully saturated rings. The van der Waals surface area contributed by atoms with Gasteiger partial charge in [-0.25, -0.2) is 0 Å². The molecule has 1 aromatic rings. The molecular formula is C15H22ClN3O. The number of rotatable bonds is 4. The topological polar surface area (TPSA) is 58.4 Å². The molecule has 1 saturated heterocycles. The third-order valence-corrected chi connectivity index (χ3v) is 4.12. The molecule has 3 N–H and O–H groups in total. The van der Waals surface area contributed by atoms with Crippen molar-refractivity contribution in [1.82, 2.24) is 4.90 Å². The number of halogens is 1. The Bertz CT molecular complexity index is 470. The summed E-state index contributed by atoms with van der Waals surface area (Å²) in [5, 5.41) is 3.46. The van der Waals surface area contributed by atoms with Crippen LogP contribution in [0.4, 0.5) is 5.69 Å². The first-order valence-corrected chi connectivity index (χ1v) is 7.44. The van der Waals surface area contributed by atoms with E-state index in [4.69, 9.17) is 17.3 Å². The van der Waals surface area contributed by atoms with Gasteiger partial charge in [0.05, 0.1) is 17.3 Å². The van der Waals surface area contributed by atoms with Crippen molar-refractivity contribution in [2.45, 2.75) is 19.8 Å². The lowest BCUT2D eigenvalue weighted by atomic mass is 9.97. The normalized spacial score (nSPS) is 17.1. The number of piperidine rings is 1. The number of nitrogens with one attached hydrogen (secondary N) is 1. The average Bonchev–Trinajstić information content (AvgIpc) is 2.43. The predicted molar refractivity (Wildman–Crippen MR) is 83.0 cm³/mol. The van der Waals surface area contributed by atoms with Crippen LogP contribution in [0.15, 0.2) is 18.2 Å². The van der Waals surface area contributed by atoms with Crippen molar-refractivity contribution in [1.29, 1.82) is 0 Å². The standard InChI is InChI=1S/C15H22ClN3O/c1-11-2-3-14(13(16)8-11)18-15(20)10-19-6-4-12(9-17)5-7-19/h2-3,8,12H,4-7,9-10,17H2,1H3,(H,18,20). The number of aryl methyl sites for hydroxylation is 1. The van der Waals surface area contributed by atoms with Crippen molar-refractivity contribution in [3.63, 3.8) is 0 Å². The Morgan fingerprint density at radius 1 is 1.45 bits per heavy atom. The third-order valence-electron chi connectivity index (χ3n) is 3.81. The first-order valence-electron chi connectivity index (χ1n) is 7.07. The van der Waals surface area contributed by atoms with Crippen LogP contribution in [-0.4, -0.2) is 37.0 Å². The van der Waals surface area contributed by atoms with Gasteiger partial charge in [0.25, 0.3) is 0 Å². The maximum Gasteiger partial charge on any atom is 0.238 e. The molecule has 1 heterocycles. The Morgan fingerprint density at radius 2 is 2.15 bits per heavy atom. The lowest BCUT2D eigenvalue weighted by Crippen LogP contribution is -2.40. The number of carbonyl (C=O) groups is 1. The van der Waals surface area contributed by atoms with E-state index in [1.807, 2.05) is 25.1 Å². The van der Waals surface area contributed by atoms with Crippen molar-refractivity contribution in [3.8, 4) is 0 Å². The zero-order valence-electron chi connectivity index (χ0n) is 11.9. The summed E-state index contributed by atoms with van der Waals surface area (Å²) in [5.41, 5.74) is 7.43. The highest BCUT2D eigenvalue weighted by Gasteiger charge is 2.20. The van der Waals surface area contributed by atoms with E-state index in [1.165, 1.54) is 0 Å². The minimum Gasteiger partial charge on any atom is -0.330 e. The fourth-order valence-electron chi connectivity index (χ4n) is 2.49. The largest absolute Gasteiger partial charge is 0.330 e. The van der Waals surface area contributed by atoms with E-state index < -0.39 is 0 Å². The van der Waals surface area contributed by atoms with Gasteiger partial charge < -0.3 is 11.1 Å². The zero-order valence-corrected chi connectivity index (χ0v) is 12.6. The summed E-state index contributed by atoms with van der Waals surface area (Å²) in [6, 6.07) is 5.63. The molecule has 1 aromatic carbocycles. The van der Waals surface area contributed by atoms with Crippen LogP contribution in [-0.2, 0) is 4.79 Å². The third kappa shape index (κ3) is 4.20. The molecule has 0 bridgehead atoms. The van der Waals surface area contributed by atoms with Crippen molar-refractivity contribution in [3.05, 3.63) is 28.8 Å². The van der Waals surface area contributed by atoms with Gasteiger partial charge in [0.1, 0.15) is 0 Å². The highest BCUT2D eigenvalue weighted by molar-refractivity contribution is 6.33. The molecule has 1 aliphatic heterocycles. The van der Waals surface area contributed by atoms with Gasteiger partial charge in [-0.1, -0.05) is 17.7 Å². The summed E-state index contributed by atoms with van der Waals surface area (Å²) < 4.78 is 0. The molecule has 5 heteroatoms. The molecule has 0 spiro atoms. The van der Waals surface area contributed by atoms with Gasteiger partial charge in [-0.3, -0.25) is 9.69 Å². The highest BCUT2D eigenvalue weighted by atomic mass is 35.5. The van der Waals surface area contributed by atoms with E-state index in [-0.39, 0.29) is 5.91 Å². The van der Waals surface area contributed by atoms with Crippen molar-refractivity contribution in [2.24, 2.45) is 11.7 Å². The van der Waals surface area contributed by atoms with Crippen LogP contribution in [0.3, 0.4) is 0 Å². The van der Waals surface area contributed by atoms with Gasteiger partial charge in [-0.2, -0.15) is 0 Å². The molecule has 1 aliphatic rings. The SMILES string of the molecule is Cc1ccc(NC(=O)CN2CCC(CN)CC2)c(Cl)c1. The molecule has 0 saturated carbocycles. The molecule has 1 amide bonds. The number of anilines is 1. The Kier molecular flexibility index (Phi) is 5.40.